The Hall–Kier alpha value is -1.66. The molecule has 1 spiro atoms. The standard InChI is InChI=1S/C17H26FN3O3/c1-19(2)14(23)12-21-13(22)4-7-16(21)8-10-20(11-9-16)15(24)17(18)5-3-6-17/h3-12H2,1-2H3. The SMILES string of the molecule is CN(C)C(=O)CN1C(=O)CCC12CCN(C(=O)C1(F)CCC1)CC2. The summed E-state index contributed by atoms with van der Waals surface area (Å²) >= 11 is 0. The first-order valence-electron chi connectivity index (χ1n) is 8.76. The molecule has 24 heavy (non-hydrogen) atoms. The molecule has 3 fully saturated rings. The molecule has 0 bridgehead atoms. The molecule has 134 valence electrons. The summed E-state index contributed by atoms with van der Waals surface area (Å²) in [5.74, 6) is -0.477. The molecule has 0 aromatic carbocycles. The van der Waals surface area contributed by atoms with Gasteiger partial charge in [0.1, 0.15) is 6.54 Å². The van der Waals surface area contributed by atoms with Gasteiger partial charge in [0.25, 0.3) is 5.91 Å². The van der Waals surface area contributed by atoms with Crippen molar-refractivity contribution in [3.05, 3.63) is 0 Å². The molecule has 2 saturated heterocycles. The van der Waals surface area contributed by atoms with Crippen molar-refractivity contribution < 1.29 is 18.8 Å². The second-order valence-electron chi connectivity index (χ2n) is 7.60. The highest BCUT2D eigenvalue weighted by molar-refractivity contribution is 5.87. The van der Waals surface area contributed by atoms with Crippen LogP contribution in [0.4, 0.5) is 4.39 Å². The highest BCUT2D eigenvalue weighted by Gasteiger charge is 2.51. The first-order valence-corrected chi connectivity index (χ1v) is 8.76. The summed E-state index contributed by atoms with van der Waals surface area (Å²) in [4.78, 5) is 41.4. The fourth-order valence-electron chi connectivity index (χ4n) is 4.04. The quantitative estimate of drug-likeness (QED) is 0.769. The van der Waals surface area contributed by atoms with Crippen LogP contribution in [0.3, 0.4) is 0 Å². The van der Waals surface area contributed by atoms with Crippen molar-refractivity contribution >= 4 is 17.7 Å². The summed E-state index contributed by atoms with van der Waals surface area (Å²) in [6, 6.07) is 0. The van der Waals surface area contributed by atoms with Crippen LogP contribution in [-0.2, 0) is 14.4 Å². The third-order valence-corrected chi connectivity index (χ3v) is 5.98. The lowest BCUT2D eigenvalue weighted by molar-refractivity contribution is -0.153. The number of piperidine rings is 1. The van der Waals surface area contributed by atoms with Gasteiger partial charge < -0.3 is 14.7 Å². The fourth-order valence-corrected chi connectivity index (χ4v) is 4.04. The first-order chi connectivity index (χ1) is 11.3. The summed E-state index contributed by atoms with van der Waals surface area (Å²) in [6.45, 7) is 1.02. The molecule has 6 nitrogen and oxygen atoms in total. The molecule has 0 N–H and O–H groups in total. The number of amides is 3. The average Bonchev–Trinajstić information content (AvgIpc) is 2.82. The smallest absolute Gasteiger partial charge is 0.260 e. The Morgan fingerprint density at radius 2 is 1.75 bits per heavy atom. The van der Waals surface area contributed by atoms with E-state index in [1.165, 1.54) is 4.90 Å². The van der Waals surface area contributed by atoms with E-state index < -0.39 is 5.67 Å². The van der Waals surface area contributed by atoms with Gasteiger partial charge in [0.15, 0.2) is 5.67 Å². The lowest BCUT2D eigenvalue weighted by atomic mass is 9.79. The Morgan fingerprint density at radius 1 is 1.12 bits per heavy atom. The molecule has 0 unspecified atom stereocenters. The van der Waals surface area contributed by atoms with Crippen LogP contribution in [0.2, 0.25) is 0 Å². The third-order valence-electron chi connectivity index (χ3n) is 5.98. The molecule has 7 heteroatoms. The molecule has 1 saturated carbocycles. The second-order valence-corrected chi connectivity index (χ2v) is 7.60. The average molecular weight is 339 g/mol. The molecular formula is C17H26FN3O3. The van der Waals surface area contributed by atoms with Crippen molar-refractivity contribution in [2.45, 2.75) is 56.2 Å². The van der Waals surface area contributed by atoms with E-state index in [0.717, 1.165) is 12.8 Å². The van der Waals surface area contributed by atoms with Crippen LogP contribution in [0.15, 0.2) is 0 Å². The van der Waals surface area contributed by atoms with Gasteiger partial charge in [0.05, 0.1) is 0 Å². The summed E-state index contributed by atoms with van der Waals surface area (Å²) in [6.07, 6.45) is 3.85. The molecule has 0 atom stereocenters. The van der Waals surface area contributed by atoms with Gasteiger partial charge in [0, 0.05) is 39.1 Å². The molecule has 2 aliphatic heterocycles. The minimum Gasteiger partial charge on any atom is -0.347 e. The minimum absolute atomic E-state index is 0.00549. The van der Waals surface area contributed by atoms with Crippen molar-refractivity contribution in [3.63, 3.8) is 0 Å². The highest BCUT2D eigenvalue weighted by Crippen LogP contribution is 2.42. The van der Waals surface area contributed by atoms with Crippen molar-refractivity contribution in [2.75, 3.05) is 33.7 Å². The molecule has 0 aromatic heterocycles. The molecular weight excluding hydrogens is 313 g/mol. The topological polar surface area (TPSA) is 60.9 Å². The van der Waals surface area contributed by atoms with Crippen molar-refractivity contribution in [1.82, 2.24) is 14.7 Å². The van der Waals surface area contributed by atoms with Crippen molar-refractivity contribution in [2.24, 2.45) is 0 Å². The van der Waals surface area contributed by atoms with Crippen LogP contribution in [0.25, 0.3) is 0 Å². The van der Waals surface area contributed by atoms with Crippen molar-refractivity contribution in [3.8, 4) is 0 Å². The Labute approximate surface area is 141 Å². The van der Waals surface area contributed by atoms with E-state index >= 15 is 0 Å². The van der Waals surface area contributed by atoms with Gasteiger partial charge >= 0.3 is 0 Å². The normalized spacial score (nSPS) is 24.9. The predicted molar refractivity (Wildman–Crippen MR) is 85.9 cm³/mol. The summed E-state index contributed by atoms with van der Waals surface area (Å²) in [5.41, 5.74) is -2.00. The molecule has 1 aliphatic carbocycles. The van der Waals surface area contributed by atoms with Crippen LogP contribution >= 0.6 is 0 Å². The number of rotatable bonds is 3. The van der Waals surface area contributed by atoms with Gasteiger partial charge in [-0.25, -0.2) is 4.39 Å². The Morgan fingerprint density at radius 3 is 2.25 bits per heavy atom. The van der Waals surface area contributed by atoms with E-state index in [1.807, 2.05) is 0 Å². The number of alkyl halides is 1. The number of nitrogens with zero attached hydrogens (tertiary/aromatic N) is 3. The second kappa shape index (κ2) is 6.01. The number of halogens is 1. The van der Waals surface area contributed by atoms with Crippen LogP contribution < -0.4 is 0 Å². The minimum atomic E-state index is -1.66. The number of likely N-dealkylation sites (N-methyl/N-ethyl adjacent to an activating group) is 1. The van der Waals surface area contributed by atoms with Crippen LogP contribution in [0, 0.1) is 0 Å². The van der Waals surface area contributed by atoms with Crippen LogP contribution in [0.5, 0.6) is 0 Å². The molecule has 0 aromatic rings. The third kappa shape index (κ3) is 2.78. The Kier molecular flexibility index (Phi) is 4.30. The number of carbonyl (C=O) groups is 3. The maximum atomic E-state index is 14.3. The zero-order valence-corrected chi connectivity index (χ0v) is 14.5. The number of hydrogen-bond donors (Lipinski definition) is 0. The van der Waals surface area contributed by atoms with Crippen LogP contribution in [-0.4, -0.2) is 77.4 Å². The van der Waals surface area contributed by atoms with E-state index in [4.69, 9.17) is 0 Å². The molecule has 3 rings (SSSR count). The van der Waals surface area contributed by atoms with Gasteiger partial charge in [-0.1, -0.05) is 0 Å². The van der Waals surface area contributed by atoms with E-state index in [0.29, 0.717) is 45.2 Å². The maximum absolute atomic E-state index is 14.3. The van der Waals surface area contributed by atoms with Gasteiger partial charge in [-0.15, -0.1) is 0 Å². The molecule has 0 radical (unpaired) electrons. The van der Waals surface area contributed by atoms with Crippen LogP contribution in [0.1, 0.15) is 44.9 Å². The predicted octanol–water partition coefficient (Wildman–Crippen LogP) is 0.950. The van der Waals surface area contributed by atoms with E-state index in [2.05, 4.69) is 0 Å². The zero-order chi connectivity index (χ0) is 17.5. The molecule has 3 amide bonds. The lowest BCUT2D eigenvalue weighted by Gasteiger charge is -2.46. The Bertz CT molecular complexity index is 551. The first kappa shape index (κ1) is 17.2. The van der Waals surface area contributed by atoms with Gasteiger partial charge in [-0.2, -0.15) is 0 Å². The fraction of sp³-hybridized carbons (Fsp3) is 0.824. The number of carbonyl (C=O) groups excluding carboxylic acids is 3. The number of likely N-dealkylation sites (tertiary alicyclic amines) is 2. The highest BCUT2D eigenvalue weighted by atomic mass is 19.1. The zero-order valence-electron chi connectivity index (χ0n) is 14.5. The Balaban J connectivity index is 1.66. The maximum Gasteiger partial charge on any atom is 0.260 e. The van der Waals surface area contributed by atoms with Gasteiger partial charge in [0.2, 0.25) is 11.8 Å². The van der Waals surface area contributed by atoms with E-state index in [9.17, 15) is 18.8 Å². The largest absolute Gasteiger partial charge is 0.347 e. The monoisotopic (exact) mass is 339 g/mol. The lowest BCUT2D eigenvalue weighted by Crippen LogP contribution is -2.59. The summed E-state index contributed by atoms with van der Waals surface area (Å²) < 4.78 is 14.3. The molecule has 3 aliphatic rings. The molecule has 2 heterocycles. The van der Waals surface area contributed by atoms with Crippen molar-refractivity contribution in [1.29, 1.82) is 0 Å². The summed E-state index contributed by atoms with van der Waals surface area (Å²) in [5, 5.41) is 0. The summed E-state index contributed by atoms with van der Waals surface area (Å²) in [7, 11) is 3.35. The van der Waals surface area contributed by atoms with Gasteiger partial charge in [-0.05, 0) is 38.5 Å². The number of hydrogen-bond acceptors (Lipinski definition) is 3. The van der Waals surface area contributed by atoms with E-state index in [-0.39, 0.29) is 29.8 Å². The van der Waals surface area contributed by atoms with Gasteiger partial charge in [-0.3, -0.25) is 14.4 Å². The van der Waals surface area contributed by atoms with E-state index in [1.54, 1.807) is 23.9 Å².